The van der Waals surface area contributed by atoms with Crippen LogP contribution in [0.1, 0.15) is 5.56 Å². The summed E-state index contributed by atoms with van der Waals surface area (Å²) in [6.07, 6.45) is 2.47. The van der Waals surface area contributed by atoms with Gasteiger partial charge in [0.2, 0.25) is 5.91 Å². The van der Waals surface area contributed by atoms with Crippen LogP contribution in [-0.2, 0) is 11.2 Å². The summed E-state index contributed by atoms with van der Waals surface area (Å²) in [6, 6.07) is 7.51. The Balaban J connectivity index is 0.00000220. The van der Waals surface area contributed by atoms with Crippen molar-refractivity contribution in [2.45, 2.75) is 12.5 Å². The Hall–Kier alpha value is -1.56. The van der Waals surface area contributed by atoms with Crippen LogP contribution in [0.25, 0.3) is 10.9 Å². The summed E-state index contributed by atoms with van der Waals surface area (Å²) in [6.45, 7) is 1.43. The lowest BCUT2D eigenvalue weighted by molar-refractivity contribution is -0.122. The molecule has 1 heterocycles. The van der Waals surface area contributed by atoms with Crippen LogP contribution in [0.5, 0.6) is 0 Å². The number of fused-ring (bicyclic) bond motifs is 1. The van der Waals surface area contributed by atoms with Crippen LogP contribution in [0, 0.1) is 0 Å². The molecule has 0 aliphatic carbocycles. The molecule has 5 nitrogen and oxygen atoms in total. The quantitative estimate of drug-likeness (QED) is 0.749. The summed E-state index contributed by atoms with van der Waals surface area (Å²) in [4.78, 5) is 17.1. The molecule has 1 aromatic heterocycles. The molecule has 116 valence electrons. The van der Waals surface area contributed by atoms with E-state index < -0.39 is 6.04 Å². The van der Waals surface area contributed by atoms with Crippen LogP contribution in [0.15, 0.2) is 30.5 Å². The van der Waals surface area contributed by atoms with Gasteiger partial charge < -0.3 is 20.9 Å². The first kappa shape index (κ1) is 17.5. The lowest BCUT2D eigenvalue weighted by Gasteiger charge is -2.14. The molecule has 0 unspecified atom stereocenters. The normalized spacial score (nSPS) is 12.2. The maximum absolute atomic E-state index is 11.9. The molecule has 0 fully saturated rings. The first-order valence-electron chi connectivity index (χ1n) is 6.81. The molecule has 1 atom stereocenters. The van der Waals surface area contributed by atoms with Crippen molar-refractivity contribution in [1.82, 2.24) is 15.2 Å². The minimum atomic E-state index is -0.517. The number of aromatic nitrogens is 1. The summed E-state index contributed by atoms with van der Waals surface area (Å²) in [5.41, 5.74) is 8.13. The van der Waals surface area contributed by atoms with E-state index in [9.17, 15) is 4.79 Å². The van der Waals surface area contributed by atoms with E-state index in [-0.39, 0.29) is 18.3 Å². The highest BCUT2D eigenvalue weighted by atomic mass is 35.5. The Morgan fingerprint density at radius 3 is 2.81 bits per heavy atom. The highest BCUT2D eigenvalue weighted by Gasteiger charge is 2.15. The minimum absolute atomic E-state index is 0. The van der Waals surface area contributed by atoms with Crippen molar-refractivity contribution in [2.75, 3.05) is 27.2 Å². The van der Waals surface area contributed by atoms with Gasteiger partial charge in [-0.2, -0.15) is 0 Å². The summed E-state index contributed by atoms with van der Waals surface area (Å²) >= 11 is 0. The van der Waals surface area contributed by atoms with E-state index in [0.29, 0.717) is 13.0 Å². The van der Waals surface area contributed by atoms with Crippen molar-refractivity contribution in [3.8, 4) is 0 Å². The zero-order chi connectivity index (χ0) is 14.5. The highest BCUT2D eigenvalue weighted by Crippen LogP contribution is 2.18. The maximum atomic E-state index is 11.9. The van der Waals surface area contributed by atoms with E-state index in [1.807, 2.05) is 49.5 Å². The van der Waals surface area contributed by atoms with Crippen LogP contribution in [0.3, 0.4) is 0 Å². The summed E-state index contributed by atoms with van der Waals surface area (Å²) in [5, 5.41) is 3.99. The number of carbonyl (C=O) groups is 1. The Kier molecular flexibility index (Phi) is 6.68. The van der Waals surface area contributed by atoms with Crippen molar-refractivity contribution in [1.29, 1.82) is 0 Å². The molecule has 0 bridgehead atoms. The molecule has 21 heavy (non-hydrogen) atoms. The fourth-order valence-electron chi connectivity index (χ4n) is 2.16. The fraction of sp³-hybridized carbons (Fsp3) is 0.400. The second-order valence-electron chi connectivity index (χ2n) is 5.26. The zero-order valence-corrected chi connectivity index (χ0v) is 13.2. The second-order valence-corrected chi connectivity index (χ2v) is 5.26. The summed E-state index contributed by atoms with van der Waals surface area (Å²) in [7, 11) is 3.94. The van der Waals surface area contributed by atoms with E-state index in [2.05, 4.69) is 10.3 Å². The molecule has 0 spiro atoms. The van der Waals surface area contributed by atoms with Crippen LogP contribution < -0.4 is 11.1 Å². The molecule has 2 aromatic rings. The van der Waals surface area contributed by atoms with E-state index >= 15 is 0 Å². The first-order chi connectivity index (χ1) is 9.58. The Morgan fingerprint density at radius 1 is 1.38 bits per heavy atom. The van der Waals surface area contributed by atoms with Gasteiger partial charge in [0.1, 0.15) is 0 Å². The van der Waals surface area contributed by atoms with Gasteiger partial charge in [0.25, 0.3) is 0 Å². The first-order valence-corrected chi connectivity index (χ1v) is 6.81. The second kappa shape index (κ2) is 8.02. The van der Waals surface area contributed by atoms with Crippen molar-refractivity contribution in [3.05, 3.63) is 36.0 Å². The van der Waals surface area contributed by atoms with Crippen LogP contribution in [-0.4, -0.2) is 49.0 Å². The number of rotatable bonds is 6. The standard InChI is InChI=1S/C15H22N4O.ClH/c1-19(2)8-7-17-15(20)13(16)9-11-10-18-14-6-4-3-5-12(11)14;/h3-6,10,13,18H,7-9,16H2,1-2H3,(H,17,20);1H/t13-;/m0./s1. The molecule has 4 N–H and O–H groups in total. The number of para-hydroxylation sites is 1. The number of nitrogens with two attached hydrogens (primary N) is 1. The van der Waals surface area contributed by atoms with Gasteiger partial charge >= 0.3 is 0 Å². The Morgan fingerprint density at radius 2 is 2.10 bits per heavy atom. The summed E-state index contributed by atoms with van der Waals surface area (Å²) < 4.78 is 0. The molecule has 0 radical (unpaired) electrons. The number of halogens is 1. The molecule has 6 heteroatoms. The predicted octanol–water partition coefficient (Wildman–Crippen LogP) is 1.14. The van der Waals surface area contributed by atoms with E-state index in [4.69, 9.17) is 5.73 Å². The van der Waals surface area contributed by atoms with Gasteiger partial charge in [-0.25, -0.2) is 0 Å². The fourth-order valence-corrected chi connectivity index (χ4v) is 2.16. The number of hydrogen-bond donors (Lipinski definition) is 3. The van der Waals surface area contributed by atoms with Crippen molar-refractivity contribution in [3.63, 3.8) is 0 Å². The number of benzene rings is 1. The number of hydrogen-bond acceptors (Lipinski definition) is 3. The van der Waals surface area contributed by atoms with E-state index in [0.717, 1.165) is 23.0 Å². The van der Waals surface area contributed by atoms with Crippen molar-refractivity contribution in [2.24, 2.45) is 5.73 Å². The van der Waals surface area contributed by atoms with Gasteiger partial charge in [-0.05, 0) is 32.1 Å². The third-order valence-electron chi connectivity index (χ3n) is 3.31. The van der Waals surface area contributed by atoms with Gasteiger partial charge in [-0.3, -0.25) is 4.79 Å². The number of nitrogens with one attached hydrogen (secondary N) is 2. The zero-order valence-electron chi connectivity index (χ0n) is 12.4. The average Bonchev–Trinajstić information content (AvgIpc) is 2.81. The molecular weight excluding hydrogens is 288 g/mol. The van der Waals surface area contributed by atoms with Crippen LogP contribution in [0.2, 0.25) is 0 Å². The van der Waals surface area contributed by atoms with Gasteiger partial charge in [0.15, 0.2) is 0 Å². The lowest BCUT2D eigenvalue weighted by Crippen LogP contribution is -2.44. The van der Waals surface area contributed by atoms with Gasteiger partial charge in [0.05, 0.1) is 6.04 Å². The molecule has 1 amide bonds. The number of aromatic amines is 1. The third-order valence-corrected chi connectivity index (χ3v) is 3.31. The topological polar surface area (TPSA) is 74.2 Å². The average molecular weight is 311 g/mol. The number of H-pyrrole nitrogens is 1. The molecule has 0 saturated heterocycles. The van der Waals surface area contributed by atoms with E-state index in [1.165, 1.54) is 0 Å². The van der Waals surface area contributed by atoms with Crippen LogP contribution >= 0.6 is 12.4 Å². The smallest absolute Gasteiger partial charge is 0.237 e. The number of carbonyl (C=O) groups excluding carboxylic acids is 1. The molecule has 0 aliphatic rings. The maximum Gasteiger partial charge on any atom is 0.237 e. The molecule has 0 aliphatic heterocycles. The monoisotopic (exact) mass is 310 g/mol. The van der Waals surface area contributed by atoms with E-state index in [1.54, 1.807) is 0 Å². The molecule has 1 aromatic carbocycles. The lowest BCUT2D eigenvalue weighted by atomic mass is 10.1. The molecule has 0 saturated carbocycles. The van der Waals surface area contributed by atoms with Gasteiger partial charge in [-0.1, -0.05) is 18.2 Å². The van der Waals surface area contributed by atoms with Gasteiger partial charge in [0, 0.05) is 30.2 Å². The molecule has 2 rings (SSSR count). The SMILES string of the molecule is CN(C)CCNC(=O)[C@@H](N)Cc1c[nH]c2ccccc12.Cl. The Bertz CT molecular complexity index is 582. The minimum Gasteiger partial charge on any atom is -0.361 e. The van der Waals surface area contributed by atoms with Crippen LogP contribution in [0.4, 0.5) is 0 Å². The number of amides is 1. The summed E-state index contributed by atoms with van der Waals surface area (Å²) in [5.74, 6) is -0.0999. The number of nitrogens with zero attached hydrogens (tertiary/aromatic N) is 1. The molecular formula is C15H23ClN4O. The van der Waals surface area contributed by atoms with Crippen molar-refractivity contribution >= 4 is 29.2 Å². The predicted molar refractivity (Wildman–Crippen MR) is 88.8 cm³/mol. The number of likely N-dealkylation sites (N-methyl/N-ethyl adjacent to an activating group) is 1. The highest BCUT2D eigenvalue weighted by molar-refractivity contribution is 5.86. The Labute approximate surface area is 131 Å². The largest absolute Gasteiger partial charge is 0.361 e. The van der Waals surface area contributed by atoms with Gasteiger partial charge in [-0.15, -0.1) is 12.4 Å². The third kappa shape index (κ3) is 4.74. The van der Waals surface area contributed by atoms with Crippen molar-refractivity contribution < 1.29 is 4.79 Å².